The van der Waals surface area contributed by atoms with E-state index in [1.54, 1.807) is 12.1 Å². The second kappa shape index (κ2) is 13.8. The van der Waals surface area contributed by atoms with E-state index in [1.807, 2.05) is 59.5 Å². The largest absolute Gasteiger partial charge is 0.337 e. The van der Waals surface area contributed by atoms with E-state index in [0.29, 0.717) is 11.3 Å². The second-order valence-electron chi connectivity index (χ2n) is 9.98. The molecule has 0 atom stereocenters. The maximum absolute atomic E-state index is 13.3. The quantitative estimate of drug-likeness (QED) is 0.295. The molecule has 0 spiro atoms. The van der Waals surface area contributed by atoms with Crippen LogP contribution in [0.1, 0.15) is 62.2 Å². The van der Waals surface area contributed by atoms with Crippen molar-refractivity contribution in [2.75, 3.05) is 43.4 Å². The number of hydrogen-bond donors (Lipinski definition) is 2. The van der Waals surface area contributed by atoms with E-state index in [0.717, 1.165) is 55.6 Å². The molecule has 0 bridgehead atoms. The Bertz CT molecular complexity index is 1180. The van der Waals surface area contributed by atoms with Gasteiger partial charge in [0.25, 0.3) is 5.91 Å². The van der Waals surface area contributed by atoms with E-state index in [1.165, 1.54) is 38.5 Å². The smallest absolute Gasteiger partial charge is 0.323 e. The van der Waals surface area contributed by atoms with Crippen molar-refractivity contribution in [3.63, 3.8) is 0 Å². The number of unbranched alkanes of at least 4 members (excludes halogenated alkanes) is 5. The molecular weight excluding hydrogens is 460 g/mol. The van der Waals surface area contributed by atoms with Gasteiger partial charge >= 0.3 is 6.03 Å². The van der Waals surface area contributed by atoms with E-state index in [2.05, 4.69) is 22.5 Å². The van der Waals surface area contributed by atoms with Gasteiger partial charge in [-0.05, 0) is 67.0 Å². The zero-order valence-electron chi connectivity index (χ0n) is 22.0. The van der Waals surface area contributed by atoms with Crippen molar-refractivity contribution in [3.05, 3.63) is 72.3 Å². The van der Waals surface area contributed by atoms with Gasteiger partial charge in [0.05, 0.1) is 0 Å². The van der Waals surface area contributed by atoms with Crippen molar-refractivity contribution >= 4 is 34.1 Å². The molecule has 3 amide bonds. The van der Waals surface area contributed by atoms with Gasteiger partial charge in [-0.2, -0.15) is 0 Å². The Balaban J connectivity index is 1.27. The van der Waals surface area contributed by atoms with Crippen LogP contribution in [0.2, 0.25) is 0 Å². The van der Waals surface area contributed by atoms with E-state index in [4.69, 9.17) is 0 Å². The molecule has 1 aliphatic heterocycles. The average molecular weight is 501 g/mol. The van der Waals surface area contributed by atoms with Crippen LogP contribution in [0.15, 0.2) is 66.7 Å². The lowest BCUT2D eigenvalue weighted by molar-refractivity contribution is 0.0761. The molecule has 6 heteroatoms. The summed E-state index contributed by atoms with van der Waals surface area (Å²) in [5, 5.41) is 7.95. The molecule has 0 radical (unpaired) electrons. The van der Waals surface area contributed by atoms with Crippen LogP contribution in [-0.4, -0.2) is 54.5 Å². The van der Waals surface area contributed by atoms with Crippen molar-refractivity contribution in [3.8, 4) is 0 Å². The van der Waals surface area contributed by atoms with Crippen LogP contribution in [0.5, 0.6) is 0 Å². The molecule has 3 aromatic carbocycles. The summed E-state index contributed by atoms with van der Waals surface area (Å²) >= 11 is 0. The highest BCUT2D eigenvalue weighted by Crippen LogP contribution is 2.20. The number of nitrogens with zero attached hydrogens (tertiary/aromatic N) is 2. The molecule has 1 aliphatic rings. The van der Waals surface area contributed by atoms with Crippen LogP contribution in [0, 0.1) is 0 Å². The monoisotopic (exact) mass is 500 g/mol. The lowest BCUT2D eigenvalue weighted by Crippen LogP contribution is -2.35. The number of rotatable bonds is 10. The van der Waals surface area contributed by atoms with Crippen LogP contribution in [0.25, 0.3) is 10.8 Å². The van der Waals surface area contributed by atoms with Crippen molar-refractivity contribution < 1.29 is 9.59 Å². The number of carbonyl (C=O) groups excluding carboxylic acids is 2. The van der Waals surface area contributed by atoms with Gasteiger partial charge in [0.1, 0.15) is 0 Å². The van der Waals surface area contributed by atoms with Crippen LogP contribution < -0.4 is 10.6 Å². The summed E-state index contributed by atoms with van der Waals surface area (Å²) in [7, 11) is 0. The molecule has 196 valence electrons. The number of benzene rings is 3. The van der Waals surface area contributed by atoms with Gasteiger partial charge in [0.15, 0.2) is 0 Å². The highest BCUT2D eigenvalue weighted by atomic mass is 16.2. The Labute approximate surface area is 221 Å². The number of fused-ring (bicyclic) bond motifs is 1. The third-order valence-electron chi connectivity index (χ3n) is 7.08. The number of carbonyl (C=O) groups is 2. The first kappa shape index (κ1) is 26.7. The predicted molar refractivity (Wildman–Crippen MR) is 153 cm³/mol. The maximum Gasteiger partial charge on any atom is 0.323 e. The molecule has 0 unspecified atom stereocenters. The Hall–Kier alpha value is -3.38. The van der Waals surface area contributed by atoms with Crippen molar-refractivity contribution in [2.24, 2.45) is 0 Å². The summed E-state index contributed by atoms with van der Waals surface area (Å²) in [6, 6.07) is 20.7. The molecule has 37 heavy (non-hydrogen) atoms. The fourth-order valence-electron chi connectivity index (χ4n) is 4.99. The van der Waals surface area contributed by atoms with Crippen molar-refractivity contribution in [2.45, 2.75) is 51.9 Å². The molecular formula is C31H40N4O2. The van der Waals surface area contributed by atoms with Gasteiger partial charge in [-0.25, -0.2) is 4.79 Å². The van der Waals surface area contributed by atoms with Gasteiger partial charge < -0.3 is 20.4 Å². The second-order valence-corrected chi connectivity index (χ2v) is 9.98. The van der Waals surface area contributed by atoms with E-state index in [-0.39, 0.29) is 11.9 Å². The van der Waals surface area contributed by atoms with Gasteiger partial charge in [0, 0.05) is 36.6 Å². The van der Waals surface area contributed by atoms with E-state index < -0.39 is 0 Å². The first-order chi connectivity index (χ1) is 18.1. The SMILES string of the molecule is CCCCCCCCN1CCCN(C(=O)c2cccc(NC(=O)Nc3ccc4ccccc4c3)c2)CC1. The van der Waals surface area contributed by atoms with Crippen molar-refractivity contribution in [1.82, 2.24) is 9.80 Å². The van der Waals surface area contributed by atoms with Crippen LogP contribution in [-0.2, 0) is 0 Å². The molecule has 3 aromatic rings. The molecule has 1 fully saturated rings. The summed E-state index contributed by atoms with van der Waals surface area (Å²) in [6.07, 6.45) is 8.84. The van der Waals surface area contributed by atoms with Gasteiger partial charge in [-0.1, -0.05) is 75.4 Å². The molecule has 1 saturated heterocycles. The fourth-order valence-corrected chi connectivity index (χ4v) is 4.99. The number of urea groups is 1. The first-order valence-corrected chi connectivity index (χ1v) is 13.8. The zero-order valence-corrected chi connectivity index (χ0v) is 22.0. The lowest BCUT2D eigenvalue weighted by Gasteiger charge is -2.22. The molecule has 6 nitrogen and oxygen atoms in total. The third-order valence-corrected chi connectivity index (χ3v) is 7.08. The molecule has 2 N–H and O–H groups in total. The Morgan fingerprint density at radius 1 is 0.730 bits per heavy atom. The number of nitrogens with one attached hydrogen (secondary N) is 2. The first-order valence-electron chi connectivity index (χ1n) is 13.8. The fraction of sp³-hybridized carbons (Fsp3) is 0.419. The highest BCUT2D eigenvalue weighted by molar-refractivity contribution is 6.02. The summed E-state index contributed by atoms with van der Waals surface area (Å²) in [4.78, 5) is 30.3. The minimum absolute atomic E-state index is 0.0278. The molecule has 0 aliphatic carbocycles. The van der Waals surface area contributed by atoms with Gasteiger partial charge in [-0.15, -0.1) is 0 Å². The number of amides is 3. The summed E-state index contributed by atoms with van der Waals surface area (Å²) in [5.41, 5.74) is 1.93. The normalized spacial score (nSPS) is 14.4. The third kappa shape index (κ3) is 8.05. The molecule has 4 rings (SSSR count). The van der Waals surface area contributed by atoms with E-state index >= 15 is 0 Å². The van der Waals surface area contributed by atoms with Crippen LogP contribution in [0.3, 0.4) is 0 Å². The summed E-state index contributed by atoms with van der Waals surface area (Å²) < 4.78 is 0. The van der Waals surface area contributed by atoms with Gasteiger partial charge in [-0.3, -0.25) is 4.79 Å². The Morgan fingerprint density at radius 3 is 2.32 bits per heavy atom. The summed E-state index contributed by atoms with van der Waals surface area (Å²) in [5.74, 6) is 0.0278. The average Bonchev–Trinajstić information content (AvgIpc) is 3.16. The molecule has 0 saturated carbocycles. The maximum atomic E-state index is 13.3. The predicted octanol–water partition coefficient (Wildman–Crippen LogP) is 6.99. The molecule has 1 heterocycles. The van der Waals surface area contributed by atoms with Crippen molar-refractivity contribution in [1.29, 1.82) is 0 Å². The highest BCUT2D eigenvalue weighted by Gasteiger charge is 2.20. The topological polar surface area (TPSA) is 64.7 Å². The van der Waals surface area contributed by atoms with Gasteiger partial charge in [0.2, 0.25) is 0 Å². The molecule has 0 aromatic heterocycles. The number of hydrogen-bond acceptors (Lipinski definition) is 3. The minimum atomic E-state index is -0.333. The van der Waals surface area contributed by atoms with Crippen LogP contribution >= 0.6 is 0 Å². The van der Waals surface area contributed by atoms with Crippen LogP contribution in [0.4, 0.5) is 16.2 Å². The van der Waals surface area contributed by atoms with E-state index in [9.17, 15) is 9.59 Å². The Kier molecular flexibility index (Phi) is 9.95. The number of anilines is 2. The zero-order chi connectivity index (χ0) is 25.9. The summed E-state index contributed by atoms with van der Waals surface area (Å²) in [6.45, 7) is 6.86. The minimum Gasteiger partial charge on any atom is -0.337 e. The lowest BCUT2D eigenvalue weighted by atomic mass is 10.1. The standard InChI is InChI=1S/C31H40N4O2/c1-2-3-4-5-6-9-18-34-19-11-20-35(22-21-34)30(36)27-14-10-15-28(24-27)32-31(37)33-29-17-16-25-12-7-8-13-26(25)23-29/h7-8,10,12-17,23-24H,2-6,9,11,18-22H2,1H3,(H2,32,33,37). The Morgan fingerprint density at radius 2 is 1.49 bits per heavy atom.